The molecule has 3 heterocycles. The van der Waals surface area contributed by atoms with Gasteiger partial charge in [-0.05, 0) is 44.2 Å². The van der Waals surface area contributed by atoms with Crippen molar-refractivity contribution in [1.82, 2.24) is 25.7 Å². The molecular formula is C19H21N5O3S. The van der Waals surface area contributed by atoms with Crippen molar-refractivity contribution in [3.8, 4) is 0 Å². The van der Waals surface area contributed by atoms with Crippen LogP contribution >= 0.6 is 11.3 Å². The minimum Gasteiger partial charge on any atom is -0.335 e. The molecule has 1 aromatic carbocycles. The van der Waals surface area contributed by atoms with Crippen molar-refractivity contribution in [2.24, 2.45) is 0 Å². The van der Waals surface area contributed by atoms with Crippen LogP contribution in [0, 0.1) is 6.92 Å². The van der Waals surface area contributed by atoms with Crippen LogP contribution < -0.4 is 27.4 Å². The number of fused-ring (bicyclic) bond motifs is 1. The van der Waals surface area contributed by atoms with Gasteiger partial charge in [0.1, 0.15) is 0 Å². The Bertz CT molecular complexity index is 1160. The van der Waals surface area contributed by atoms with Gasteiger partial charge in [0.05, 0.1) is 23.1 Å². The standard InChI is InChI=1S/C19H21N5O3S/c1-3-24-18(26)12-6-5-11(8-13(12)20-19(24)27)17(25)21-16-9-14(22-23-16)15-7-4-10(2)28-15/h4-8,14,16,22-23H,3,9H2,1-2H3,(H,20,27)(H,21,25). The first-order chi connectivity index (χ1) is 13.5. The molecule has 2 aromatic heterocycles. The third-order valence-corrected chi connectivity index (χ3v) is 5.99. The Morgan fingerprint density at radius 1 is 1.25 bits per heavy atom. The van der Waals surface area contributed by atoms with Crippen LogP contribution in [0.15, 0.2) is 39.9 Å². The fraction of sp³-hybridized carbons (Fsp3) is 0.316. The summed E-state index contributed by atoms with van der Waals surface area (Å²) in [5.41, 5.74) is 6.21. The van der Waals surface area contributed by atoms with Crippen LogP contribution in [0.3, 0.4) is 0 Å². The van der Waals surface area contributed by atoms with Crippen molar-refractivity contribution < 1.29 is 4.79 Å². The molecule has 1 saturated heterocycles. The molecular weight excluding hydrogens is 378 g/mol. The summed E-state index contributed by atoms with van der Waals surface area (Å²) in [6.07, 6.45) is 0.500. The van der Waals surface area contributed by atoms with Crippen LogP contribution in [0.1, 0.15) is 39.5 Å². The number of benzene rings is 1. The highest BCUT2D eigenvalue weighted by Gasteiger charge is 2.27. The van der Waals surface area contributed by atoms with Crippen LogP contribution in [-0.4, -0.2) is 21.6 Å². The lowest BCUT2D eigenvalue weighted by Crippen LogP contribution is -2.44. The molecule has 0 saturated carbocycles. The van der Waals surface area contributed by atoms with E-state index in [2.05, 4.69) is 40.2 Å². The van der Waals surface area contributed by atoms with Crippen molar-refractivity contribution in [3.63, 3.8) is 0 Å². The van der Waals surface area contributed by atoms with E-state index in [4.69, 9.17) is 0 Å². The lowest BCUT2D eigenvalue weighted by Gasteiger charge is -2.12. The first kappa shape index (κ1) is 18.6. The summed E-state index contributed by atoms with van der Waals surface area (Å²) in [5.74, 6) is -0.273. The average Bonchev–Trinajstić information content (AvgIpc) is 3.30. The molecule has 0 spiro atoms. The lowest BCUT2D eigenvalue weighted by molar-refractivity contribution is 0.0932. The molecule has 2 unspecified atom stereocenters. The van der Waals surface area contributed by atoms with E-state index in [1.807, 2.05) is 0 Å². The summed E-state index contributed by atoms with van der Waals surface area (Å²) in [4.78, 5) is 42.1. The van der Waals surface area contributed by atoms with Gasteiger partial charge in [0.25, 0.3) is 11.5 Å². The van der Waals surface area contributed by atoms with E-state index in [-0.39, 0.29) is 30.2 Å². The molecule has 3 aromatic rings. The molecule has 1 aliphatic rings. The maximum atomic E-state index is 12.6. The molecule has 0 bridgehead atoms. The number of carbonyl (C=O) groups is 1. The number of thiophene rings is 1. The highest BCUT2D eigenvalue weighted by molar-refractivity contribution is 7.12. The van der Waals surface area contributed by atoms with Gasteiger partial charge < -0.3 is 10.3 Å². The smallest absolute Gasteiger partial charge is 0.328 e. The highest BCUT2D eigenvalue weighted by Crippen LogP contribution is 2.27. The monoisotopic (exact) mass is 399 g/mol. The summed E-state index contributed by atoms with van der Waals surface area (Å²) in [6.45, 7) is 4.09. The second-order valence-electron chi connectivity index (χ2n) is 6.79. The van der Waals surface area contributed by atoms with E-state index in [0.29, 0.717) is 16.5 Å². The number of amides is 1. The normalized spacial score (nSPS) is 19.2. The first-order valence-corrected chi connectivity index (χ1v) is 9.93. The fourth-order valence-corrected chi connectivity index (χ4v) is 4.34. The maximum absolute atomic E-state index is 12.6. The predicted molar refractivity (Wildman–Crippen MR) is 108 cm³/mol. The van der Waals surface area contributed by atoms with Gasteiger partial charge in [-0.2, -0.15) is 0 Å². The summed E-state index contributed by atoms with van der Waals surface area (Å²) in [6, 6.07) is 9.02. The van der Waals surface area contributed by atoms with Crippen molar-refractivity contribution in [1.29, 1.82) is 0 Å². The van der Waals surface area contributed by atoms with Gasteiger partial charge in [-0.15, -0.1) is 11.3 Å². The second-order valence-corrected chi connectivity index (χ2v) is 8.11. The molecule has 8 nitrogen and oxygen atoms in total. The second kappa shape index (κ2) is 7.34. The Morgan fingerprint density at radius 2 is 2.07 bits per heavy atom. The molecule has 0 aliphatic carbocycles. The number of rotatable bonds is 4. The van der Waals surface area contributed by atoms with Gasteiger partial charge in [-0.1, -0.05) is 0 Å². The number of aromatic amines is 1. The average molecular weight is 399 g/mol. The Balaban J connectivity index is 1.51. The largest absolute Gasteiger partial charge is 0.335 e. The van der Waals surface area contributed by atoms with Crippen LogP contribution in [0.25, 0.3) is 10.9 Å². The van der Waals surface area contributed by atoms with E-state index >= 15 is 0 Å². The first-order valence-electron chi connectivity index (χ1n) is 9.11. The molecule has 4 rings (SSSR count). The molecule has 1 aliphatic heterocycles. The lowest BCUT2D eigenvalue weighted by atomic mass is 10.1. The van der Waals surface area contributed by atoms with Gasteiger partial charge in [0.2, 0.25) is 0 Å². The fourth-order valence-electron chi connectivity index (χ4n) is 3.40. The maximum Gasteiger partial charge on any atom is 0.328 e. The van der Waals surface area contributed by atoms with Crippen LogP contribution in [0.5, 0.6) is 0 Å². The number of carbonyl (C=O) groups excluding carboxylic acids is 1. The molecule has 4 N–H and O–H groups in total. The number of H-pyrrole nitrogens is 1. The van der Waals surface area contributed by atoms with Crippen LogP contribution in [0.2, 0.25) is 0 Å². The molecule has 28 heavy (non-hydrogen) atoms. The zero-order chi connectivity index (χ0) is 19.8. The van der Waals surface area contributed by atoms with Crippen molar-refractivity contribution in [2.45, 2.75) is 39.0 Å². The summed E-state index contributed by atoms with van der Waals surface area (Å²) >= 11 is 1.73. The molecule has 146 valence electrons. The van der Waals surface area contributed by atoms with Gasteiger partial charge in [0.15, 0.2) is 0 Å². The Morgan fingerprint density at radius 3 is 2.79 bits per heavy atom. The quantitative estimate of drug-likeness (QED) is 0.530. The number of nitrogens with zero attached hydrogens (tertiary/aromatic N) is 1. The summed E-state index contributed by atoms with van der Waals surface area (Å²) in [5, 5.41) is 3.32. The molecule has 9 heteroatoms. The van der Waals surface area contributed by atoms with Gasteiger partial charge in [-0.3, -0.25) is 14.2 Å². The SMILES string of the molecule is CCn1c(=O)[nH]c2cc(C(=O)NC3CC(c4ccc(C)s4)NN3)ccc2c1=O. The topological polar surface area (TPSA) is 108 Å². The summed E-state index contributed by atoms with van der Waals surface area (Å²) < 4.78 is 1.13. The third-order valence-electron chi connectivity index (χ3n) is 4.87. The van der Waals surface area contributed by atoms with Gasteiger partial charge in [-0.25, -0.2) is 15.6 Å². The van der Waals surface area contributed by atoms with Crippen molar-refractivity contribution in [3.05, 3.63) is 66.5 Å². The Labute approximate surface area is 164 Å². The van der Waals surface area contributed by atoms with Gasteiger partial charge >= 0.3 is 5.69 Å². The minimum atomic E-state index is -0.478. The zero-order valence-corrected chi connectivity index (χ0v) is 16.4. The van der Waals surface area contributed by atoms with Gasteiger partial charge in [0, 0.05) is 28.3 Å². The summed E-state index contributed by atoms with van der Waals surface area (Å²) in [7, 11) is 0. The number of hydrogen-bond acceptors (Lipinski definition) is 6. The molecule has 1 fully saturated rings. The predicted octanol–water partition coefficient (Wildman–Crippen LogP) is 1.37. The Kier molecular flexibility index (Phi) is 4.88. The molecule has 1 amide bonds. The molecule has 2 atom stereocenters. The number of hydrogen-bond donors (Lipinski definition) is 4. The number of aryl methyl sites for hydroxylation is 1. The zero-order valence-electron chi connectivity index (χ0n) is 15.5. The van der Waals surface area contributed by atoms with E-state index in [0.717, 1.165) is 11.0 Å². The number of aromatic nitrogens is 2. The molecule has 0 radical (unpaired) electrons. The van der Waals surface area contributed by atoms with Crippen molar-refractivity contribution in [2.75, 3.05) is 0 Å². The highest BCUT2D eigenvalue weighted by atomic mass is 32.1. The number of hydrazine groups is 1. The van der Waals surface area contributed by atoms with E-state index in [1.54, 1.807) is 30.4 Å². The van der Waals surface area contributed by atoms with Crippen LogP contribution in [0.4, 0.5) is 0 Å². The third kappa shape index (κ3) is 3.39. The number of nitrogens with one attached hydrogen (secondary N) is 4. The van der Waals surface area contributed by atoms with Crippen LogP contribution in [-0.2, 0) is 6.54 Å². The van der Waals surface area contributed by atoms with E-state index in [1.165, 1.54) is 15.8 Å². The van der Waals surface area contributed by atoms with E-state index in [9.17, 15) is 14.4 Å². The Hall–Kier alpha value is -2.75. The van der Waals surface area contributed by atoms with E-state index < -0.39 is 5.69 Å². The minimum absolute atomic E-state index is 0.143. The van der Waals surface area contributed by atoms with Crippen molar-refractivity contribution >= 4 is 28.1 Å².